The highest BCUT2D eigenvalue weighted by molar-refractivity contribution is 9.10. The van der Waals surface area contributed by atoms with Crippen molar-refractivity contribution in [2.45, 2.75) is 6.61 Å². The molecule has 2 aromatic rings. The molecule has 3 nitrogen and oxygen atoms in total. The number of rotatable bonds is 3. The Balaban J connectivity index is 2.05. The van der Waals surface area contributed by atoms with E-state index in [-0.39, 0.29) is 5.82 Å². The zero-order valence-electron chi connectivity index (χ0n) is 8.86. The third-order valence-electron chi connectivity index (χ3n) is 2.12. The maximum atomic E-state index is 13.0. The molecule has 1 aromatic heterocycles. The third-order valence-corrected chi connectivity index (χ3v) is 2.73. The first-order valence-electron chi connectivity index (χ1n) is 4.93. The molecule has 1 aromatic carbocycles. The molecule has 2 N–H and O–H groups in total. The number of pyridine rings is 1. The van der Waals surface area contributed by atoms with Gasteiger partial charge in [-0.3, -0.25) is 4.98 Å². The van der Waals surface area contributed by atoms with Gasteiger partial charge in [-0.1, -0.05) is 0 Å². The topological polar surface area (TPSA) is 48.1 Å². The summed E-state index contributed by atoms with van der Waals surface area (Å²) in [4.78, 5) is 4.10. The van der Waals surface area contributed by atoms with Crippen LogP contribution in [0, 0.1) is 5.82 Å². The SMILES string of the molecule is Nc1ccnc(COc2ccc(F)c(Br)c2)c1. The van der Waals surface area contributed by atoms with E-state index in [9.17, 15) is 4.39 Å². The summed E-state index contributed by atoms with van der Waals surface area (Å²) in [5, 5.41) is 0. The molecule has 2 rings (SSSR count). The average molecular weight is 297 g/mol. The van der Waals surface area contributed by atoms with Crippen LogP contribution in [0.15, 0.2) is 41.0 Å². The molecule has 0 fully saturated rings. The molecule has 1 heterocycles. The van der Waals surface area contributed by atoms with Gasteiger partial charge in [0.2, 0.25) is 0 Å². The monoisotopic (exact) mass is 296 g/mol. The summed E-state index contributed by atoms with van der Waals surface area (Å²) >= 11 is 3.09. The quantitative estimate of drug-likeness (QED) is 0.946. The number of aromatic nitrogens is 1. The van der Waals surface area contributed by atoms with Gasteiger partial charge in [-0.25, -0.2) is 4.39 Å². The van der Waals surface area contributed by atoms with Crippen molar-refractivity contribution in [3.05, 3.63) is 52.5 Å². The fourth-order valence-electron chi connectivity index (χ4n) is 1.30. The molecule has 0 atom stereocenters. The van der Waals surface area contributed by atoms with Crippen molar-refractivity contribution in [3.8, 4) is 5.75 Å². The van der Waals surface area contributed by atoms with Crippen molar-refractivity contribution < 1.29 is 9.13 Å². The molecular formula is C12H10BrFN2O. The Morgan fingerprint density at radius 3 is 2.82 bits per heavy atom. The minimum absolute atomic E-state index is 0.295. The number of nitrogens with two attached hydrogens (primary N) is 1. The first-order chi connectivity index (χ1) is 8.15. The fraction of sp³-hybridized carbons (Fsp3) is 0.0833. The molecule has 0 aliphatic carbocycles. The minimum Gasteiger partial charge on any atom is -0.487 e. The molecule has 0 spiro atoms. The summed E-state index contributed by atoms with van der Waals surface area (Å²) in [5.74, 6) is 0.252. The Bertz CT molecular complexity index is 534. The van der Waals surface area contributed by atoms with Crippen LogP contribution in [0.1, 0.15) is 5.69 Å². The van der Waals surface area contributed by atoms with E-state index in [0.29, 0.717) is 22.5 Å². The Morgan fingerprint density at radius 1 is 1.29 bits per heavy atom. The second-order valence-electron chi connectivity index (χ2n) is 3.45. The van der Waals surface area contributed by atoms with E-state index in [1.54, 1.807) is 30.5 Å². The molecule has 17 heavy (non-hydrogen) atoms. The molecule has 5 heteroatoms. The van der Waals surface area contributed by atoms with Gasteiger partial charge in [0.05, 0.1) is 10.2 Å². The van der Waals surface area contributed by atoms with Crippen LogP contribution >= 0.6 is 15.9 Å². The molecule has 0 unspecified atom stereocenters. The molecule has 0 saturated heterocycles. The number of benzene rings is 1. The van der Waals surface area contributed by atoms with Crippen LogP contribution in [-0.2, 0) is 6.61 Å². The summed E-state index contributed by atoms with van der Waals surface area (Å²) in [7, 11) is 0. The molecule has 0 aliphatic rings. The summed E-state index contributed by atoms with van der Waals surface area (Å²) < 4.78 is 18.8. The van der Waals surface area contributed by atoms with Gasteiger partial charge in [0, 0.05) is 11.9 Å². The zero-order chi connectivity index (χ0) is 12.3. The predicted molar refractivity (Wildman–Crippen MR) is 67.1 cm³/mol. The highest BCUT2D eigenvalue weighted by atomic mass is 79.9. The summed E-state index contributed by atoms with van der Waals surface area (Å²) in [6.07, 6.45) is 1.62. The predicted octanol–water partition coefficient (Wildman–Crippen LogP) is 3.14. The van der Waals surface area contributed by atoms with Crippen LogP contribution in [-0.4, -0.2) is 4.98 Å². The Labute approximate surface area is 107 Å². The van der Waals surface area contributed by atoms with E-state index in [0.717, 1.165) is 5.69 Å². The van der Waals surface area contributed by atoms with Gasteiger partial charge in [-0.15, -0.1) is 0 Å². The van der Waals surface area contributed by atoms with Crippen LogP contribution in [0.3, 0.4) is 0 Å². The number of hydrogen-bond donors (Lipinski definition) is 1. The first-order valence-corrected chi connectivity index (χ1v) is 5.73. The van der Waals surface area contributed by atoms with Gasteiger partial charge in [-0.2, -0.15) is 0 Å². The molecule has 0 radical (unpaired) electrons. The summed E-state index contributed by atoms with van der Waals surface area (Å²) in [6, 6.07) is 7.91. The lowest BCUT2D eigenvalue weighted by atomic mass is 10.3. The van der Waals surface area contributed by atoms with E-state index in [2.05, 4.69) is 20.9 Å². The lowest BCUT2D eigenvalue weighted by Crippen LogP contribution is -1.99. The van der Waals surface area contributed by atoms with Crippen molar-refractivity contribution >= 4 is 21.6 Å². The average Bonchev–Trinajstić information content (AvgIpc) is 2.31. The van der Waals surface area contributed by atoms with Crippen LogP contribution < -0.4 is 10.5 Å². The second kappa shape index (κ2) is 5.14. The van der Waals surface area contributed by atoms with Gasteiger partial charge < -0.3 is 10.5 Å². The zero-order valence-corrected chi connectivity index (χ0v) is 10.4. The van der Waals surface area contributed by atoms with Gasteiger partial charge in [0.25, 0.3) is 0 Å². The van der Waals surface area contributed by atoms with Crippen molar-refractivity contribution in [2.75, 3.05) is 5.73 Å². The van der Waals surface area contributed by atoms with Crippen molar-refractivity contribution in [1.82, 2.24) is 4.98 Å². The lowest BCUT2D eigenvalue weighted by Gasteiger charge is -2.06. The van der Waals surface area contributed by atoms with Crippen LogP contribution in [0.5, 0.6) is 5.75 Å². The van der Waals surface area contributed by atoms with Gasteiger partial charge >= 0.3 is 0 Å². The van der Waals surface area contributed by atoms with E-state index in [1.807, 2.05) is 0 Å². The number of hydrogen-bond acceptors (Lipinski definition) is 3. The molecule has 88 valence electrons. The molecule has 0 aliphatic heterocycles. The Hall–Kier alpha value is -1.62. The van der Waals surface area contributed by atoms with Crippen LogP contribution in [0.25, 0.3) is 0 Å². The van der Waals surface area contributed by atoms with E-state index in [1.165, 1.54) is 6.07 Å². The number of nitrogen functional groups attached to an aromatic ring is 1. The number of ether oxygens (including phenoxy) is 1. The largest absolute Gasteiger partial charge is 0.487 e. The Kier molecular flexibility index (Phi) is 3.58. The fourth-order valence-corrected chi connectivity index (χ4v) is 1.66. The molecule has 0 bridgehead atoms. The lowest BCUT2D eigenvalue weighted by molar-refractivity contribution is 0.300. The number of halogens is 2. The van der Waals surface area contributed by atoms with Gasteiger partial charge in [0.1, 0.15) is 18.2 Å². The molecule has 0 saturated carbocycles. The van der Waals surface area contributed by atoms with E-state index >= 15 is 0 Å². The number of nitrogens with zero attached hydrogens (tertiary/aromatic N) is 1. The van der Waals surface area contributed by atoms with E-state index < -0.39 is 0 Å². The minimum atomic E-state index is -0.320. The summed E-state index contributed by atoms with van der Waals surface area (Å²) in [5.41, 5.74) is 6.98. The van der Waals surface area contributed by atoms with Crippen LogP contribution in [0.4, 0.5) is 10.1 Å². The maximum absolute atomic E-state index is 13.0. The highest BCUT2D eigenvalue weighted by Crippen LogP contribution is 2.22. The van der Waals surface area contributed by atoms with Gasteiger partial charge in [-0.05, 0) is 46.3 Å². The second-order valence-corrected chi connectivity index (χ2v) is 4.30. The Morgan fingerprint density at radius 2 is 2.12 bits per heavy atom. The smallest absolute Gasteiger partial charge is 0.137 e. The van der Waals surface area contributed by atoms with E-state index in [4.69, 9.17) is 10.5 Å². The standard InChI is InChI=1S/C12H10BrFN2O/c13-11-6-10(1-2-12(11)14)17-7-9-5-8(15)3-4-16-9/h1-6H,7H2,(H2,15,16). The van der Waals surface area contributed by atoms with Crippen molar-refractivity contribution in [3.63, 3.8) is 0 Å². The molecule has 0 amide bonds. The first kappa shape index (κ1) is 11.9. The van der Waals surface area contributed by atoms with Crippen molar-refractivity contribution in [1.29, 1.82) is 0 Å². The maximum Gasteiger partial charge on any atom is 0.137 e. The van der Waals surface area contributed by atoms with Crippen molar-refractivity contribution in [2.24, 2.45) is 0 Å². The highest BCUT2D eigenvalue weighted by Gasteiger charge is 2.02. The normalized spacial score (nSPS) is 10.2. The molecular weight excluding hydrogens is 287 g/mol. The third kappa shape index (κ3) is 3.17. The number of anilines is 1. The summed E-state index contributed by atoms with van der Waals surface area (Å²) in [6.45, 7) is 0.295. The van der Waals surface area contributed by atoms with Gasteiger partial charge in [0.15, 0.2) is 0 Å². The van der Waals surface area contributed by atoms with Crippen LogP contribution in [0.2, 0.25) is 0 Å².